The van der Waals surface area contributed by atoms with Crippen molar-refractivity contribution in [3.05, 3.63) is 11.6 Å². The molecule has 1 heterocycles. The molecule has 4 nitrogen and oxygen atoms in total. The molecule has 0 aromatic carbocycles. The lowest BCUT2D eigenvalue weighted by atomic mass is 10.1. The van der Waals surface area contributed by atoms with E-state index in [1.54, 1.807) is 13.0 Å². The Hall–Kier alpha value is -0.870. The smallest absolute Gasteiger partial charge is 0.330 e. The molecule has 0 radical (unpaired) electrons. The Morgan fingerprint density at radius 3 is 3.00 bits per heavy atom. The third kappa shape index (κ3) is 2.28. The lowest BCUT2D eigenvalue weighted by Crippen LogP contribution is -2.22. The first-order valence-corrected chi connectivity index (χ1v) is 5.74. The van der Waals surface area contributed by atoms with Gasteiger partial charge in [-0.2, -0.15) is 0 Å². The van der Waals surface area contributed by atoms with Crippen molar-refractivity contribution in [2.75, 3.05) is 6.61 Å². The maximum absolute atomic E-state index is 11.4. The maximum atomic E-state index is 11.4. The first kappa shape index (κ1) is 11.6. The van der Waals surface area contributed by atoms with Crippen LogP contribution in [-0.4, -0.2) is 30.6 Å². The van der Waals surface area contributed by atoms with Crippen molar-refractivity contribution >= 4 is 5.97 Å². The molecule has 2 rings (SSSR count). The van der Waals surface area contributed by atoms with Crippen LogP contribution in [0.25, 0.3) is 0 Å². The van der Waals surface area contributed by atoms with Gasteiger partial charge in [-0.15, -0.1) is 0 Å². The molecule has 0 amide bonds. The quantitative estimate of drug-likeness (QED) is 0.532. The van der Waals surface area contributed by atoms with Gasteiger partial charge in [0.05, 0.1) is 12.7 Å². The number of rotatable bonds is 2. The van der Waals surface area contributed by atoms with Crippen molar-refractivity contribution in [1.82, 2.24) is 0 Å². The normalized spacial score (nSPS) is 34.1. The van der Waals surface area contributed by atoms with Gasteiger partial charge in [0.15, 0.2) is 5.79 Å². The standard InChI is InChI=1S/C12H18O4/c1-4-14-10(13)7-8-5-6-9-11(8)16-12(2,3)15-9/h7,9,11H,4-6H2,1-3H3/b8-7+. The minimum atomic E-state index is -0.538. The maximum Gasteiger partial charge on any atom is 0.330 e. The van der Waals surface area contributed by atoms with E-state index >= 15 is 0 Å². The predicted octanol–water partition coefficient (Wildman–Crippen LogP) is 1.79. The van der Waals surface area contributed by atoms with Gasteiger partial charge in [-0.3, -0.25) is 0 Å². The molecule has 90 valence electrons. The van der Waals surface area contributed by atoms with Gasteiger partial charge in [-0.05, 0) is 39.2 Å². The second kappa shape index (κ2) is 4.18. The van der Waals surface area contributed by atoms with E-state index in [1.165, 1.54) is 0 Å². The van der Waals surface area contributed by atoms with E-state index in [0.29, 0.717) is 6.61 Å². The summed E-state index contributed by atoms with van der Waals surface area (Å²) in [6.45, 7) is 5.99. The Morgan fingerprint density at radius 2 is 2.31 bits per heavy atom. The van der Waals surface area contributed by atoms with Crippen LogP contribution in [0.15, 0.2) is 11.6 Å². The van der Waals surface area contributed by atoms with E-state index in [2.05, 4.69) is 0 Å². The van der Waals surface area contributed by atoms with Gasteiger partial charge in [-0.1, -0.05) is 0 Å². The van der Waals surface area contributed by atoms with Crippen molar-refractivity contribution in [1.29, 1.82) is 0 Å². The molecule has 0 spiro atoms. The number of ether oxygens (including phenoxy) is 3. The Morgan fingerprint density at radius 1 is 1.56 bits per heavy atom. The average molecular weight is 226 g/mol. The largest absolute Gasteiger partial charge is 0.463 e. The summed E-state index contributed by atoms with van der Waals surface area (Å²) in [7, 11) is 0. The lowest BCUT2D eigenvalue weighted by molar-refractivity contribution is -0.147. The molecule has 1 aliphatic heterocycles. The highest BCUT2D eigenvalue weighted by molar-refractivity contribution is 5.83. The zero-order valence-electron chi connectivity index (χ0n) is 9.99. The second-order valence-electron chi connectivity index (χ2n) is 4.60. The number of fused-ring (bicyclic) bond motifs is 1. The minimum absolute atomic E-state index is 0.0700. The Bertz CT molecular complexity index is 319. The summed E-state index contributed by atoms with van der Waals surface area (Å²) < 4.78 is 16.4. The molecule has 0 aromatic heterocycles. The number of carbonyl (C=O) groups is 1. The minimum Gasteiger partial charge on any atom is -0.463 e. The average Bonchev–Trinajstić information content (AvgIpc) is 2.64. The monoisotopic (exact) mass is 226 g/mol. The van der Waals surface area contributed by atoms with Gasteiger partial charge in [0.2, 0.25) is 0 Å². The van der Waals surface area contributed by atoms with E-state index in [-0.39, 0.29) is 18.2 Å². The van der Waals surface area contributed by atoms with Gasteiger partial charge in [0, 0.05) is 6.08 Å². The van der Waals surface area contributed by atoms with Crippen molar-refractivity contribution in [2.45, 2.75) is 51.6 Å². The molecule has 0 bridgehead atoms. The van der Waals surface area contributed by atoms with Crippen LogP contribution in [0.5, 0.6) is 0 Å². The SMILES string of the molecule is CCOC(=O)/C=C1\CCC2OC(C)(C)OC12. The topological polar surface area (TPSA) is 44.8 Å². The van der Waals surface area contributed by atoms with E-state index < -0.39 is 5.79 Å². The van der Waals surface area contributed by atoms with Gasteiger partial charge in [0.25, 0.3) is 0 Å². The van der Waals surface area contributed by atoms with Crippen molar-refractivity contribution in [3.63, 3.8) is 0 Å². The predicted molar refractivity (Wildman–Crippen MR) is 57.8 cm³/mol. The third-order valence-electron chi connectivity index (χ3n) is 2.86. The molecular formula is C12H18O4. The van der Waals surface area contributed by atoms with Crippen LogP contribution < -0.4 is 0 Å². The molecule has 16 heavy (non-hydrogen) atoms. The van der Waals surface area contributed by atoms with Crippen LogP contribution in [0.3, 0.4) is 0 Å². The zero-order chi connectivity index (χ0) is 11.8. The summed E-state index contributed by atoms with van der Waals surface area (Å²) in [5.41, 5.74) is 0.994. The number of hydrogen-bond donors (Lipinski definition) is 0. The highest BCUT2D eigenvalue weighted by Crippen LogP contribution is 2.40. The third-order valence-corrected chi connectivity index (χ3v) is 2.86. The summed E-state index contributed by atoms with van der Waals surface area (Å²) >= 11 is 0. The number of carbonyl (C=O) groups excluding carboxylic acids is 1. The summed E-state index contributed by atoms with van der Waals surface area (Å²) in [6, 6.07) is 0. The summed E-state index contributed by atoms with van der Waals surface area (Å²) in [5.74, 6) is -0.824. The Kier molecular flexibility index (Phi) is 3.04. The molecule has 2 fully saturated rings. The van der Waals surface area contributed by atoms with Crippen LogP contribution >= 0.6 is 0 Å². The highest BCUT2D eigenvalue weighted by Gasteiger charge is 2.46. The molecular weight excluding hydrogens is 208 g/mol. The molecule has 1 saturated carbocycles. The van der Waals surface area contributed by atoms with E-state index in [1.807, 2.05) is 13.8 Å². The Labute approximate surface area is 95.6 Å². The summed E-state index contributed by atoms with van der Waals surface area (Å²) in [4.78, 5) is 11.4. The second-order valence-corrected chi connectivity index (χ2v) is 4.60. The zero-order valence-corrected chi connectivity index (χ0v) is 9.99. The molecule has 2 aliphatic rings. The van der Waals surface area contributed by atoms with Crippen molar-refractivity contribution < 1.29 is 19.0 Å². The van der Waals surface area contributed by atoms with Crippen LogP contribution in [0, 0.1) is 0 Å². The Balaban J connectivity index is 2.06. The van der Waals surface area contributed by atoms with Crippen LogP contribution in [-0.2, 0) is 19.0 Å². The highest BCUT2D eigenvalue weighted by atomic mass is 16.8. The van der Waals surface area contributed by atoms with Crippen molar-refractivity contribution in [3.8, 4) is 0 Å². The molecule has 0 N–H and O–H groups in total. The summed E-state index contributed by atoms with van der Waals surface area (Å²) in [6.07, 6.45) is 3.35. The van der Waals surface area contributed by atoms with Gasteiger partial charge >= 0.3 is 5.97 Å². The van der Waals surface area contributed by atoms with Crippen molar-refractivity contribution in [2.24, 2.45) is 0 Å². The molecule has 2 unspecified atom stereocenters. The van der Waals surface area contributed by atoms with Gasteiger partial charge in [0.1, 0.15) is 6.10 Å². The van der Waals surface area contributed by atoms with E-state index in [4.69, 9.17) is 14.2 Å². The number of esters is 1. The van der Waals surface area contributed by atoms with Gasteiger partial charge < -0.3 is 14.2 Å². The first-order chi connectivity index (χ1) is 7.52. The molecule has 1 saturated heterocycles. The van der Waals surface area contributed by atoms with E-state index in [0.717, 1.165) is 18.4 Å². The molecule has 0 aromatic rings. The van der Waals surface area contributed by atoms with Crippen LogP contribution in [0.4, 0.5) is 0 Å². The fraction of sp³-hybridized carbons (Fsp3) is 0.750. The van der Waals surface area contributed by atoms with Crippen LogP contribution in [0.1, 0.15) is 33.6 Å². The lowest BCUT2D eigenvalue weighted by Gasteiger charge is -2.18. The van der Waals surface area contributed by atoms with E-state index in [9.17, 15) is 4.79 Å². The molecule has 2 atom stereocenters. The van der Waals surface area contributed by atoms with Crippen LogP contribution in [0.2, 0.25) is 0 Å². The summed E-state index contributed by atoms with van der Waals surface area (Å²) in [5, 5.41) is 0. The number of hydrogen-bond acceptors (Lipinski definition) is 4. The van der Waals surface area contributed by atoms with Gasteiger partial charge in [-0.25, -0.2) is 4.79 Å². The molecule has 1 aliphatic carbocycles. The fourth-order valence-electron chi connectivity index (χ4n) is 2.30. The molecule has 4 heteroatoms. The first-order valence-electron chi connectivity index (χ1n) is 5.74. The fourth-order valence-corrected chi connectivity index (χ4v) is 2.30.